The molecule has 12 nitrogen and oxygen atoms in total. The van der Waals surface area contributed by atoms with E-state index in [0.29, 0.717) is 67.0 Å². The van der Waals surface area contributed by atoms with Crippen LogP contribution in [0.4, 0.5) is 5.82 Å². The maximum Gasteiger partial charge on any atom is 0.265 e. The van der Waals surface area contributed by atoms with Crippen LogP contribution in [0, 0.1) is 12.8 Å². The van der Waals surface area contributed by atoms with Crippen LogP contribution in [0.2, 0.25) is 0 Å². The topological polar surface area (TPSA) is 130 Å². The average molecular weight is 757 g/mol. The van der Waals surface area contributed by atoms with Crippen molar-refractivity contribution in [1.29, 1.82) is 0 Å². The van der Waals surface area contributed by atoms with Gasteiger partial charge in [0.25, 0.3) is 11.5 Å². The molecule has 4 aromatic heterocycles. The van der Waals surface area contributed by atoms with Gasteiger partial charge >= 0.3 is 0 Å². The number of carbonyl (C=O) groups is 2. The van der Waals surface area contributed by atoms with Gasteiger partial charge in [-0.15, -0.1) is 11.3 Å². The molecule has 0 radical (unpaired) electrons. The third-order valence-electron chi connectivity index (χ3n) is 11.1. The van der Waals surface area contributed by atoms with Gasteiger partial charge in [-0.1, -0.05) is 48.5 Å². The predicted molar refractivity (Wildman–Crippen MR) is 214 cm³/mol. The van der Waals surface area contributed by atoms with Crippen molar-refractivity contribution in [3.8, 4) is 16.3 Å². The maximum absolute atomic E-state index is 14.3. The highest BCUT2D eigenvalue weighted by molar-refractivity contribution is 7.17. The Labute approximate surface area is 323 Å². The Morgan fingerprint density at radius 1 is 0.927 bits per heavy atom. The quantitative estimate of drug-likeness (QED) is 0.219. The zero-order valence-electron chi connectivity index (χ0n) is 31.2. The Balaban J connectivity index is 0.948. The number of piperidine rings is 2. The molecule has 2 aromatic carbocycles. The van der Waals surface area contributed by atoms with Crippen molar-refractivity contribution in [3.63, 3.8) is 0 Å². The lowest BCUT2D eigenvalue weighted by Crippen LogP contribution is -2.53. The number of rotatable bonds is 8. The number of anilines is 1. The summed E-state index contributed by atoms with van der Waals surface area (Å²) in [5.74, 6) is 0.294. The second-order valence-corrected chi connectivity index (χ2v) is 15.9. The molecule has 2 atom stereocenters. The molecule has 0 saturated carbocycles. The van der Waals surface area contributed by atoms with Crippen LogP contribution >= 0.6 is 11.3 Å². The van der Waals surface area contributed by atoms with E-state index in [4.69, 9.17) is 4.98 Å². The van der Waals surface area contributed by atoms with E-state index in [1.807, 2.05) is 119 Å². The van der Waals surface area contributed by atoms with Gasteiger partial charge in [0.15, 0.2) is 5.65 Å². The average Bonchev–Trinajstić information content (AvgIpc) is 3.83. The molecule has 0 aliphatic carbocycles. The van der Waals surface area contributed by atoms with Crippen LogP contribution in [0.25, 0.3) is 27.3 Å². The molecule has 2 amide bonds. The van der Waals surface area contributed by atoms with E-state index in [0.717, 1.165) is 27.6 Å². The number of likely N-dealkylation sites (tertiary alicyclic amines) is 2. The van der Waals surface area contributed by atoms with E-state index in [2.05, 4.69) is 9.97 Å². The molecule has 6 heterocycles. The highest BCUT2D eigenvalue weighted by Gasteiger charge is 2.42. The van der Waals surface area contributed by atoms with Crippen molar-refractivity contribution in [3.05, 3.63) is 124 Å². The molecule has 0 unspecified atom stereocenters. The fraction of sp³-hybridized carbons (Fsp3) is 0.333. The van der Waals surface area contributed by atoms with E-state index in [1.165, 1.54) is 22.2 Å². The number of aromatic nitrogens is 5. The third kappa shape index (κ3) is 7.17. The summed E-state index contributed by atoms with van der Waals surface area (Å²) in [5.41, 5.74) is 2.66. The highest BCUT2D eigenvalue weighted by Crippen LogP contribution is 2.37. The van der Waals surface area contributed by atoms with Gasteiger partial charge in [-0.3, -0.25) is 19.0 Å². The number of nitrogens with zero attached hydrogens (tertiary/aromatic N) is 8. The number of aliphatic hydroxyl groups is 1. The zero-order chi connectivity index (χ0) is 38.3. The number of amides is 2. The summed E-state index contributed by atoms with van der Waals surface area (Å²) in [6.45, 7) is 3.57. The Hall–Kier alpha value is -5.66. The Morgan fingerprint density at radius 2 is 1.65 bits per heavy atom. The third-order valence-corrected chi connectivity index (χ3v) is 12.3. The van der Waals surface area contributed by atoms with Gasteiger partial charge in [0.1, 0.15) is 22.0 Å². The molecule has 8 rings (SSSR count). The highest BCUT2D eigenvalue weighted by atomic mass is 32.1. The van der Waals surface area contributed by atoms with Crippen molar-refractivity contribution in [2.24, 2.45) is 5.92 Å². The molecule has 55 heavy (non-hydrogen) atoms. The van der Waals surface area contributed by atoms with Crippen molar-refractivity contribution < 1.29 is 14.7 Å². The van der Waals surface area contributed by atoms with Gasteiger partial charge in [-0.2, -0.15) is 0 Å². The minimum Gasteiger partial charge on any atom is -0.388 e. The maximum atomic E-state index is 14.3. The number of pyridine rings is 1. The number of aryl methyl sites for hydroxylation is 1. The Morgan fingerprint density at radius 3 is 2.35 bits per heavy atom. The van der Waals surface area contributed by atoms with Gasteiger partial charge < -0.3 is 24.4 Å². The van der Waals surface area contributed by atoms with Crippen LogP contribution in [0.5, 0.6) is 0 Å². The van der Waals surface area contributed by atoms with Crippen molar-refractivity contribution in [1.82, 2.24) is 33.9 Å². The molecule has 13 heteroatoms. The summed E-state index contributed by atoms with van der Waals surface area (Å²) in [6.07, 6.45) is 6.32. The fourth-order valence-electron chi connectivity index (χ4n) is 7.93. The molecule has 2 aliphatic rings. The lowest BCUT2D eigenvalue weighted by molar-refractivity contribution is -0.142. The van der Waals surface area contributed by atoms with Crippen molar-refractivity contribution >= 4 is 40.0 Å². The number of hydrogen-bond acceptors (Lipinski definition) is 9. The largest absolute Gasteiger partial charge is 0.388 e. The molecule has 2 saturated heterocycles. The van der Waals surface area contributed by atoms with E-state index in [9.17, 15) is 19.5 Å². The molecule has 6 aromatic rings. The number of hydrogen-bond donors (Lipinski definition) is 1. The standard InChI is InChI=1S/C42H44N8O4S/c1-28-36(55-38(45-28)30-14-15-35(43-24-30)46(2)3)41(53)48-20-16-32(34(25-48)29-10-6-4-7-11-29)39(51)47-22-18-42(54,19-23-47)26-49-27-44-37-33(40(49)52)17-21-50(37)31-12-8-5-9-13-31/h4-15,17,21,24,27,32,34,54H,16,18-20,22-23,25-26H2,1-3H3/t32-,34+/m1/s1. The minimum absolute atomic E-state index is 0.0374. The summed E-state index contributed by atoms with van der Waals surface area (Å²) < 4.78 is 3.36. The smallest absolute Gasteiger partial charge is 0.265 e. The Bertz CT molecular complexity index is 2380. The van der Waals surface area contributed by atoms with Gasteiger partial charge in [0.2, 0.25) is 5.91 Å². The van der Waals surface area contributed by atoms with Crippen LogP contribution in [-0.4, -0.2) is 96.7 Å². The summed E-state index contributed by atoms with van der Waals surface area (Å²) in [4.78, 5) is 62.0. The molecular formula is C42H44N8O4S. The van der Waals surface area contributed by atoms with Gasteiger partial charge in [0, 0.05) is 75.8 Å². The molecule has 2 aliphatic heterocycles. The van der Waals surface area contributed by atoms with E-state index >= 15 is 0 Å². The number of benzene rings is 2. The first-order chi connectivity index (χ1) is 26.6. The second kappa shape index (κ2) is 14.9. The lowest BCUT2D eigenvalue weighted by atomic mass is 9.79. The number of para-hydroxylation sites is 1. The summed E-state index contributed by atoms with van der Waals surface area (Å²) in [5, 5.41) is 12.9. The molecule has 0 bridgehead atoms. The van der Waals surface area contributed by atoms with Crippen molar-refractivity contribution in [2.75, 3.05) is 45.2 Å². The zero-order valence-corrected chi connectivity index (χ0v) is 32.0. The first kappa shape index (κ1) is 36.3. The first-order valence-corrected chi connectivity index (χ1v) is 19.5. The molecule has 1 N–H and O–H groups in total. The lowest BCUT2D eigenvalue weighted by Gasteiger charge is -2.43. The first-order valence-electron chi connectivity index (χ1n) is 18.7. The Kier molecular flexibility index (Phi) is 9.82. The summed E-state index contributed by atoms with van der Waals surface area (Å²) in [6, 6.07) is 25.4. The second-order valence-electron chi connectivity index (χ2n) is 14.9. The van der Waals surface area contributed by atoms with Crippen LogP contribution in [0.3, 0.4) is 0 Å². The molecule has 2 fully saturated rings. The molecule has 0 spiro atoms. The molecule has 282 valence electrons. The van der Waals surface area contributed by atoms with Gasteiger partial charge in [0.05, 0.1) is 23.2 Å². The van der Waals surface area contributed by atoms with Crippen LogP contribution in [-0.2, 0) is 11.3 Å². The fourth-order valence-corrected chi connectivity index (χ4v) is 8.95. The van der Waals surface area contributed by atoms with E-state index in [1.54, 1.807) is 12.3 Å². The van der Waals surface area contributed by atoms with Crippen LogP contribution < -0.4 is 10.5 Å². The van der Waals surface area contributed by atoms with Crippen LogP contribution in [0.1, 0.15) is 46.1 Å². The molecular weight excluding hydrogens is 713 g/mol. The number of carbonyl (C=O) groups excluding carboxylic acids is 2. The summed E-state index contributed by atoms with van der Waals surface area (Å²) in [7, 11) is 3.88. The van der Waals surface area contributed by atoms with Gasteiger partial charge in [-0.25, -0.2) is 15.0 Å². The SMILES string of the molecule is Cc1nc(-c2ccc(N(C)C)nc2)sc1C(=O)N1CC[C@@H](C(=O)N2CCC(O)(Cn3cnc4c(ccn4-c4ccccc4)c3=O)CC2)[C@H](c2ccccc2)C1. The summed E-state index contributed by atoms with van der Waals surface area (Å²) >= 11 is 1.38. The monoisotopic (exact) mass is 756 g/mol. The van der Waals surface area contributed by atoms with E-state index < -0.39 is 5.60 Å². The number of thiazole rings is 1. The number of fused-ring (bicyclic) bond motifs is 1. The predicted octanol–water partition coefficient (Wildman–Crippen LogP) is 5.38. The van der Waals surface area contributed by atoms with Gasteiger partial charge in [-0.05, 0) is 62.1 Å². The van der Waals surface area contributed by atoms with Crippen LogP contribution in [0.15, 0.2) is 102 Å². The minimum atomic E-state index is -1.16. The normalized spacial score (nSPS) is 18.4. The van der Waals surface area contributed by atoms with E-state index in [-0.39, 0.29) is 35.8 Å². The van der Waals surface area contributed by atoms with Crippen molar-refractivity contribution in [2.45, 2.75) is 44.2 Å².